The number of hydrogen-bond acceptors (Lipinski definition) is 6. The zero-order valence-electron chi connectivity index (χ0n) is 13.6. The highest BCUT2D eigenvalue weighted by atomic mass is 35.5. The van der Waals surface area contributed by atoms with Crippen LogP contribution >= 0.6 is 11.6 Å². The van der Waals surface area contributed by atoms with Crippen molar-refractivity contribution in [1.29, 1.82) is 0 Å². The van der Waals surface area contributed by atoms with E-state index in [1.807, 2.05) is 0 Å². The fourth-order valence-corrected chi connectivity index (χ4v) is 2.63. The first-order valence-electron chi connectivity index (χ1n) is 7.67. The Balaban J connectivity index is 1.84. The van der Waals surface area contributed by atoms with Gasteiger partial charge in [0.1, 0.15) is 22.9 Å². The molecule has 0 aliphatic carbocycles. The van der Waals surface area contributed by atoms with Crippen LogP contribution in [0.4, 0.5) is 5.69 Å². The minimum absolute atomic E-state index is 0.0504. The Morgan fingerprint density at radius 3 is 2.74 bits per heavy atom. The Morgan fingerprint density at radius 2 is 2.07 bits per heavy atom. The van der Waals surface area contributed by atoms with Gasteiger partial charge in [0.25, 0.3) is 11.8 Å². The minimum atomic E-state index is -0.755. The van der Waals surface area contributed by atoms with Gasteiger partial charge in [-0.1, -0.05) is 11.6 Å². The molecule has 0 radical (unpaired) electrons. The summed E-state index contributed by atoms with van der Waals surface area (Å²) in [6, 6.07) is 8.06. The molecule has 0 aliphatic heterocycles. The summed E-state index contributed by atoms with van der Waals surface area (Å²) in [4.78, 5) is 36.7. The maximum absolute atomic E-state index is 12.8. The van der Waals surface area contributed by atoms with Gasteiger partial charge in [-0.25, -0.2) is 15.0 Å². The second kappa shape index (κ2) is 6.54. The van der Waals surface area contributed by atoms with E-state index in [4.69, 9.17) is 21.8 Å². The average molecular weight is 383 g/mol. The van der Waals surface area contributed by atoms with Crippen molar-refractivity contribution in [3.05, 3.63) is 65.7 Å². The standard InChI is InChI=1S/C17H11ClN6O3/c18-13-4-3-9(7-20-13)22-17(26)11-6-10(12-2-1-5-27-12)23-16-14(15(19)25)21-8-24(11)16/h1-8H,(H2,19,25)(H,22,26). The van der Waals surface area contributed by atoms with Crippen molar-refractivity contribution in [2.75, 3.05) is 5.32 Å². The number of amides is 2. The van der Waals surface area contributed by atoms with Gasteiger partial charge in [-0.2, -0.15) is 0 Å². The van der Waals surface area contributed by atoms with Crippen molar-refractivity contribution in [3.8, 4) is 11.5 Å². The van der Waals surface area contributed by atoms with E-state index in [-0.39, 0.29) is 17.0 Å². The van der Waals surface area contributed by atoms with Crippen molar-refractivity contribution in [2.24, 2.45) is 5.73 Å². The molecular weight excluding hydrogens is 372 g/mol. The van der Waals surface area contributed by atoms with E-state index in [1.54, 1.807) is 24.3 Å². The van der Waals surface area contributed by atoms with Crippen LogP contribution in [-0.2, 0) is 0 Å². The lowest BCUT2D eigenvalue weighted by Gasteiger charge is -2.09. The van der Waals surface area contributed by atoms with Crippen LogP contribution in [0.15, 0.2) is 53.5 Å². The fraction of sp³-hybridized carbons (Fsp3) is 0. The summed E-state index contributed by atoms with van der Waals surface area (Å²) in [5.74, 6) is -0.793. The number of nitrogens with one attached hydrogen (secondary N) is 1. The third kappa shape index (κ3) is 3.11. The predicted molar refractivity (Wildman–Crippen MR) is 96.4 cm³/mol. The maximum atomic E-state index is 12.8. The van der Waals surface area contributed by atoms with Crippen molar-refractivity contribution < 1.29 is 14.0 Å². The molecule has 0 atom stereocenters. The summed E-state index contributed by atoms with van der Waals surface area (Å²) in [5, 5.41) is 3.01. The summed E-state index contributed by atoms with van der Waals surface area (Å²) < 4.78 is 6.73. The molecule has 0 bridgehead atoms. The van der Waals surface area contributed by atoms with Gasteiger partial charge in [-0.15, -0.1) is 0 Å². The molecule has 0 aromatic carbocycles. The molecule has 134 valence electrons. The molecular formula is C17H11ClN6O3. The SMILES string of the molecule is NC(=O)c1ncn2c(C(=O)Nc3ccc(Cl)nc3)cc(-c3ccco3)nc12. The fourth-order valence-electron chi connectivity index (χ4n) is 2.51. The number of aromatic nitrogens is 4. The Labute approximate surface area is 156 Å². The molecule has 9 nitrogen and oxygen atoms in total. The number of imidazole rings is 1. The summed E-state index contributed by atoms with van der Waals surface area (Å²) in [5.41, 5.74) is 6.44. The number of rotatable bonds is 4. The largest absolute Gasteiger partial charge is 0.463 e. The highest BCUT2D eigenvalue weighted by Crippen LogP contribution is 2.22. The summed E-state index contributed by atoms with van der Waals surface area (Å²) >= 11 is 5.75. The van der Waals surface area contributed by atoms with E-state index < -0.39 is 11.8 Å². The van der Waals surface area contributed by atoms with E-state index >= 15 is 0 Å². The molecule has 0 saturated carbocycles. The lowest BCUT2D eigenvalue weighted by Crippen LogP contribution is -2.17. The number of pyridine rings is 1. The van der Waals surface area contributed by atoms with E-state index in [0.29, 0.717) is 22.3 Å². The number of fused-ring (bicyclic) bond motifs is 1. The minimum Gasteiger partial charge on any atom is -0.463 e. The molecule has 0 spiro atoms. The second-order valence-corrected chi connectivity index (χ2v) is 5.87. The Hall–Kier alpha value is -3.72. The first kappa shape index (κ1) is 16.7. The maximum Gasteiger partial charge on any atom is 0.272 e. The van der Waals surface area contributed by atoms with Gasteiger partial charge in [-0.3, -0.25) is 14.0 Å². The summed E-state index contributed by atoms with van der Waals surface area (Å²) in [6.07, 6.45) is 4.21. The van der Waals surface area contributed by atoms with Crippen LogP contribution in [0, 0.1) is 0 Å². The van der Waals surface area contributed by atoms with Crippen molar-refractivity contribution >= 4 is 34.7 Å². The van der Waals surface area contributed by atoms with E-state index in [1.165, 1.54) is 29.3 Å². The number of nitrogens with two attached hydrogens (primary N) is 1. The highest BCUT2D eigenvalue weighted by molar-refractivity contribution is 6.29. The number of nitrogens with zero attached hydrogens (tertiary/aromatic N) is 4. The molecule has 4 aromatic heterocycles. The van der Waals surface area contributed by atoms with Crippen LogP contribution in [0.1, 0.15) is 21.0 Å². The van der Waals surface area contributed by atoms with Crippen LogP contribution < -0.4 is 11.1 Å². The van der Waals surface area contributed by atoms with Crippen molar-refractivity contribution in [2.45, 2.75) is 0 Å². The van der Waals surface area contributed by atoms with Gasteiger partial charge in [0.05, 0.1) is 18.1 Å². The lowest BCUT2D eigenvalue weighted by molar-refractivity contribution is 0.0993. The van der Waals surface area contributed by atoms with Crippen molar-refractivity contribution in [3.63, 3.8) is 0 Å². The predicted octanol–water partition coefficient (Wildman–Crippen LogP) is 2.39. The molecule has 0 aliphatic rings. The van der Waals surface area contributed by atoms with Crippen LogP contribution in [0.25, 0.3) is 17.1 Å². The molecule has 3 N–H and O–H groups in total. The Bertz CT molecular complexity index is 1150. The number of anilines is 1. The van der Waals surface area contributed by atoms with Gasteiger partial charge in [0, 0.05) is 0 Å². The molecule has 10 heteroatoms. The molecule has 0 unspecified atom stereocenters. The Kier molecular flexibility index (Phi) is 4.05. The lowest BCUT2D eigenvalue weighted by atomic mass is 10.2. The van der Waals surface area contributed by atoms with Gasteiger partial charge in [0.15, 0.2) is 17.1 Å². The van der Waals surface area contributed by atoms with Crippen LogP contribution in [0.2, 0.25) is 5.15 Å². The third-order valence-electron chi connectivity index (χ3n) is 3.73. The number of primary amides is 1. The number of hydrogen-bond donors (Lipinski definition) is 2. The molecule has 4 aromatic rings. The van der Waals surface area contributed by atoms with Crippen LogP contribution in [0.5, 0.6) is 0 Å². The third-order valence-corrected chi connectivity index (χ3v) is 3.95. The summed E-state index contributed by atoms with van der Waals surface area (Å²) in [7, 11) is 0. The van der Waals surface area contributed by atoms with E-state index in [0.717, 1.165) is 0 Å². The highest BCUT2D eigenvalue weighted by Gasteiger charge is 2.20. The zero-order valence-corrected chi connectivity index (χ0v) is 14.3. The zero-order chi connectivity index (χ0) is 19.0. The topological polar surface area (TPSA) is 128 Å². The van der Waals surface area contributed by atoms with Gasteiger partial charge in [0.2, 0.25) is 0 Å². The Morgan fingerprint density at radius 1 is 1.22 bits per heavy atom. The molecule has 27 heavy (non-hydrogen) atoms. The van der Waals surface area contributed by atoms with Gasteiger partial charge >= 0.3 is 0 Å². The number of halogens is 1. The van der Waals surface area contributed by atoms with E-state index in [9.17, 15) is 9.59 Å². The number of furan rings is 1. The quantitative estimate of drug-likeness (QED) is 0.521. The smallest absolute Gasteiger partial charge is 0.272 e. The molecule has 2 amide bonds. The normalized spacial score (nSPS) is 10.9. The molecule has 4 heterocycles. The van der Waals surface area contributed by atoms with Gasteiger partial charge in [-0.05, 0) is 30.3 Å². The first-order valence-corrected chi connectivity index (χ1v) is 8.05. The average Bonchev–Trinajstić information content (AvgIpc) is 3.32. The van der Waals surface area contributed by atoms with Crippen molar-refractivity contribution in [1.82, 2.24) is 19.4 Å². The molecule has 0 saturated heterocycles. The summed E-state index contributed by atoms with van der Waals surface area (Å²) in [6.45, 7) is 0. The van der Waals surface area contributed by atoms with Gasteiger partial charge < -0.3 is 15.5 Å². The number of carbonyl (C=O) groups excluding carboxylic acids is 2. The molecule has 4 rings (SSSR count). The van der Waals surface area contributed by atoms with Crippen LogP contribution in [-0.4, -0.2) is 31.2 Å². The second-order valence-electron chi connectivity index (χ2n) is 5.48. The van der Waals surface area contributed by atoms with Crippen LogP contribution in [0.3, 0.4) is 0 Å². The molecule has 0 fully saturated rings. The monoisotopic (exact) mass is 382 g/mol. The van der Waals surface area contributed by atoms with E-state index in [2.05, 4.69) is 20.3 Å². The number of carbonyl (C=O) groups is 2. The first-order chi connectivity index (χ1) is 13.0.